The molecular formula is C19H22N2O2. The highest BCUT2D eigenvalue weighted by Gasteiger charge is 2.31. The molecule has 4 heteroatoms. The molecule has 2 aromatic carbocycles. The van der Waals surface area contributed by atoms with E-state index in [9.17, 15) is 4.79 Å². The fourth-order valence-electron chi connectivity index (χ4n) is 3.04. The maximum atomic E-state index is 12.6. The lowest BCUT2D eigenvalue weighted by Crippen LogP contribution is -2.50. The van der Waals surface area contributed by atoms with E-state index in [2.05, 4.69) is 10.6 Å². The van der Waals surface area contributed by atoms with Crippen LogP contribution in [0, 0.1) is 0 Å². The molecule has 4 nitrogen and oxygen atoms in total. The van der Waals surface area contributed by atoms with E-state index in [0.717, 1.165) is 16.9 Å². The Hall–Kier alpha value is -2.33. The van der Waals surface area contributed by atoms with Crippen LogP contribution in [0.25, 0.3) is 0 Å². The van der Waals surface area contributed by atoms with E-state index in [1.807, 2.05) is 68.6 Å². The van der Waals surface area contributed by atoms with Gasteiger partial charge < -0.3 is 15.4 Å². The molecule has 0 aromatic heterocycles. The first-order chi connectivity index (χ1) is 11.2. The summed E-state index contributed by atoms with van der Waals surface area (Å²) in [6, 6.07) is 17.7. The Labute approximate surface area is 136 Å². The van der Waals surface area contributed by atoms with Gasteiger partial charge in [0, 0.05) is 5.56 Å². The summed E-state index contributed by atoms with van der Waals surface area (Å²) < 4.78 is 5.80. The van der Waals surface area contributed by atoms with E-state index in [0.29, 0.717) is 6.61 Å². The van der Waals surface area contributed by atoms with Crippen molar-refractivity contribution in [3.05, 3.63) is 65.7 Å². The zero-order valence-corrected chi connectivity index (χ0v) is 13.5. The van der Waals surface area contributed by atoms with Gasteiger partial charge >= 0.3 is 0 Å². The molecule has 0 radical (unpaired) electrons. The highest BCUT2D eigenvalue weighted by molar-refractivity contribution is 5.83. The summed E-state index contributed by atoms with van der Waals surface area (Å²) in [6.07, 6.45) is 0. The molecule has 2 unspecified atom stereocenters. The minimum Gasteiger partial charge on any atom is -0.491 e. The van der Waals surface area contributed by atoms with Crippen LogP contribution in [-0.2, 0) is 4.79 Å². The van der Waals surface area contributed by atoms with Crippen LogP contribution in [-0.4, -0.2) is 25.6 Å². The van der Waals surface area contributed by atoms with Crippen molar-refractivity contribution in [2.75, 3.05) is 13.7 Å². The van der Waals surface area contributed by atoms with E-state index in [4.69, 9.17) is 4.74 Å². The van der Waals surface area contributed by atoms with Crippen LogP contribution < -0.4 is 15.4 Å². The predicted molar refractivity (Wildman–Crippen MR) is 90.5 cm³/mol. The van der Waals surface area contributed by atoms with Crippen LogP contribution in [0.15, 0.2) is 54.6 Å². The third-order valence-corrected chi connectivity index (χ3v) is 4.41. The number of ether oxygens (including phenoxy) is 1. The fourth-order valence-corrected chi connectivity index (χ4v) is 3.04. The van der Waals surface area contributed by atoms with Crippen LogP contribution >= 0.6 is 0 Å². The second-order valence-corrected chi connectivity index (χ2v) is 5.86. The van der Waals surface area contributed by atoms with Crippen molar-refractivity contribution >= 4 is 5.91 Å². The Bertz CT molecular complexity index is 672. The van der Waals surface area contributed by atoms with Gasteiger partial charge in [-0.05, 0) is 25.6 Å². The van der Waals surface area contributed by atoms with Crippen molar-refractivity contribution in [3.8, 4) is 5.75 Å². The van der Waals surface area contributed by atoms with Gasteiger partial charge in [-0.3, -0.25) is 4.79 Å². The normalized spacial score (nSPS) is 21.0. The second-order valence-electron chi connectivity index (χ2n) is 5.86. The number of hydrogen-bond acceptors (Lipinski definition) is 3. The van der Waals surface area contributed by atoms with Crippen LogP contribution in [0.2, 0.25) is 0 Å². The van der Waals surface area contributed by atoms with Crippen LogP contribution in [0.5, 0.6) is 5.75 Å². The van der Waals surface area contributed by atoms with Crippen LogP contribution in [0.1, 0.15) is 30.0 Å². The number of fused-ring (bicyclic) bond motifs is 1. The number of benzene rings is 2. The third-order valence-electron chi connectivity index (χ3n) is 4.41. The molecule has 3 rings (SSSR count). The predicted octanol–water partition coefficient (Wildman–Crippen LogP) is 2.63. The first-order valence-electron chi connectivity index (χ1n) is 7.95. The van der Waals surface area contributed by atoms with Gasteiger partial charge in [0.25, 0.3) is 0 Å². The molecular weight excluding hydrogens is 288 g/mol. The maximum Gasteiger partial charge on any atom is 0.227 e. The Morgan fingerprint density at radius 1 is 1.13 bits per heavy atom. The van der Waals surface area contributed by atoms with E-state index in [1.54, 1.807) is 0 Å². The van der Waals surface area contributed by atoms with E-state index >= 15 is 0 Å². The standard InChI is InChI=1S/C19H22N2O2/c1-13(14-8-4-3-5-9-14)19(22)21-16-12-23-17-11-7-6-10-15(17)18(16)20-2/h3-11,13,16,18,20H,12H2,1-2H3,(H,21,22)/t13-,16?,18?/m0/s1. The number of amides is 1. The van der Waals surface area contributed by atoms with Gasteiger partial charge in [-0.25, -0.2) is 0 Å². The quantitative estimate of drug-likeness (QED) is 0.913. The van der Waals surface area contributed by atoms with Gasteiger partial charge in [0.15, 0.2) is 0 Å². The smallest absolute Gasteiger partial charge is 0.227 e. The zero-order chi connectivity index (χ0) is 16.2. The third kappa shape index (κ3) is 3.22. The number of rotatable bonds is 4. The molecule has 0 saturated carbocycles. The molecule has 0 spiro atoms. The monoisotopic (exact) mass is 310 g/mol. The molecule has 0 aliphatic carbocycles. The first kappa shape index (κ1) is 15.6. The molecule has 0 bridgehead atoms. The molecule has 2 aromatic rings. The van der Waals surface area contributed by atoms with Crippen molar-refractivity contribution in [2.45, 2.75) is 24.9 Å². The van der Waals surface area contributed by atoms with Crippen molar-refractivity contribution < 1.29 is 9.53 Å². The molecule has 120 valence electrons. The van der Waals surface area contributed by atoms with Crippen molar-refractivity contribution in [2.24, 2.45) is 0 Å². The number of carbonyl (C=O) groups excluding carboxylic acids is 1. The summed E-state index contributed by atoms with van der Waals surface area (Å²) in [5, 5.41) is 6.43. The molecule has 1 amide bonds. The van der Waals surface area contributed by atoms with Crippen molar-refractivity contribution in [1.29, 1.82) is 0 Å². The van der Waals surface area contributed by atoms with E-state index in [1.165, 1.54) is 0 Å². The van der Waals surface area contributed by atoms with Gasteiger partial charge in [-0.1, -0.05) is 48.5 Å². The topological polar surface area (TPSA) is 50.4 Å². The second kappa shape index (κ2) is 6.84. The van der Waals surface area contributed by atoms with Gasteiger partial charge in [-0.15, -0.1) is 0 Å². The summed E-state index contributed by atoms with van der Waals surface area (Å²) in [7, 11) is 1.91. The zero-order valence-electron chi connectivity index (χ0n) is 13.5. The SMILES string of the molecule is CNC1c2ccccc2OCC1NC(=O)[C@@H](C)c1ccccc1. The molecule has 1 aliphatic rings. The average molecular weight is 310 g/mol. The molecule has 0 fully saturated rings. The number of nitrogens with one attached hydrogen (secondary N) is 2. The van der Waals surface area contributed by atoms with Gasteiger partial charge in [-0.2, -0.15) is 0 Å². The summed E-state index contributed by atoms with van der Waals surface area (Å²) >= 11 is 0. The lowest BCUT2D eigenvalue weighted by atomic mass is 9.94. The van der Waals surface area contributed by atoms with Crippen molar-refractivity contribution in [1.82, 2.24) is 10.6 Å². The molecule has 2 N–H and O–H groups in total. The van der Waals surface area contributed by atoms with Crippen molar-refractivity contribution in [3.63, 3.8) is 0 Å². The Morgan fingerprint density at radius 3 is 2.57 bits per heavy atom. The lowest BCUT2D eigenvalue weighted by Gasteiger charge is -2.34. The summed E-state index contributed by atoms with van der Waals surface area (Å²) in [6.45, 7) is 2.40. The molecule has 1 aliphatic heterocycles. The van der Waals surface area contributed by atoms with E-state index < -0.39 is 0 Å². The summed E-state index contributed by atoms with van der Waals surface area (Å²) in [4.78, 5) is 12.6. The van der Waals surface area contributed by atoms with Crippen LogP contribution in [0.4, 0.5) is 0 Å². The molecule has 0 saturated heterocycles. The lowest BCUT2D eigenvalue weighted by molar-refractivity contribution is -0.123. The number of likely N-dealkylation sites (N-methyl/N-ethyl adjacent to an activating group) is 1. The Kier molecular flexibility index (Phi) is 4.63. The molecule has 23 heavy (non-hydrogen) atoms. The fraction of sp³-hybridized carbons (Fsp3) is 0.316. The van der Waals surface area contributed by atoms with Gasteiger partial charge in [0.2, 0.25) is 5.91 Å². The minimum absolute atomic E-state index is 0.0180. The van der Waals surface area contributed by atoms with Gasteiger partial charge in [0.1, 0.15) is 12.4 Å². The molecule has 1 heterocycles. The van der Waals surface area contributed by atoms with E-state index in [-0.39, 0.29) is 23.9 Å². The number of para-hydroxylation sites is 1. The number of hydrogen-bond donors (Lipinski definition) is 2. The number of carbonyl (C=O) groups is 1. The largest absolute Gasteiger partial charge is 0.491 e. The van der Waals surface area contributed by atoms with Crippen LogP contribution in [0.3, 0.4) is 0 Å². The first-order valence-corrected chi connectivity index (χ1v) is 7.95. The maximum absolute atomic E-state index is 12.6. The highest BCUT2D eigenvalue weighted by atomic mass is 16.5. The summed E-state index contributed by atoms with van der Waals surface area (Å²) in [5.74, 6) is 0.712. The minimum atomic E-state index is -0.189. The average Bonchev–Trinajstić information content (AvgIpc) is 2.61. The highest BCUT2D eigenvalue weighted by Crippen LogP contribution is 2.31. The Morgan fingerprint density at radius 2 is 1.83 bits per heavy atom. The Balaban J connectivity index is 1.74. The summed E-state index contributed by atoms with van der Waals surface area (Å²) in [5.41, 5.74) is 2.10. The van der Waals surface area contributed by atoms with Gasteiger partial charge in [0.05, 0.1) is 18.0 Å². The molecule has 3 atom stereocenters.